The van der Waals surface area contributed by atoms with E-state index in [4.69, 9.17) is 5.14 Å². The van der Waals surface area contributed by atoms with Crippen LogP contribution < -0.4 is 5.14 Å². The molecule has 0 saturated heterocycles. The summed E-state index contributed by atoms with van der Waals surface area (Å²) in [5.41, 5.74) is 7.43. The number of sulfonamides is 1. The summed E-state index contributed by atoms with van der Waals surface area (Å²) in [4.78, 5) is 4.22. The van der Waals surface area contributed by atoms with E-state index in [9.17, 15) is 8.42 Å². The summed E-state index contributed by atoms with van der Waals surface area (Å²) < 4.78 is 23.5. The number of nitrogens with one attached hydrogen (secondary N) is 1. The fourth-order valence-corrected chi connectivity index (χ4v) is 4.32. The Morgan fingerprint density at radius 2 is 1.41 bits per heavy atom. The molecule has 7 heteroatoms. The van der Waals surface area contributed by atoms with Crippen LogP contribution in [0, 0.1) is 13.8 Å². The highest BCUT2D eigenvalue weighted by Crippen LogP contribution is 2.33. The minimum absolute atomic E-state index is 0.163. The molecule has 0 aliphatic carbocycles. The molecule has 4 aromatic rings. The van der Waals surface area contributed by atoms with Crippen molar-refractivity contribution in [3.05, 3.63) is 78.2 Å². The van der Waals surface area contributed by atoms with E-state index in [1.807, 2.05) is 49.5 Å². The predicted octanol–water partition coefficient (Wildman–Crippen LogP) is 4.07. The molecule has 0 aliphatic rings. The van der Waals surface area contributed by atoms with Gasteiger partial charge >= 0.3 is 0 Å². The Hall–Kier alpha value is -3.29. The number of aromatic amines is 1. The van der Waals surface area contributed by atoms with E-state index in [-0.39, 0.29) is 4.90 Å². The largest absolute Gasteiger partial charge is 0.284 e. The fraction of sp³-hybridized carbons (Fsp3) is 0.0909. The summed E-state index contributed by atoms with van der Waals surface area (Å²) in [6, 6.07) is 15.3. The molecule has 2 aromatic heterocycles. The second-order valence-electron chi connectivity index (χ2n) is 6.87. The summed E-state index contributed by atoms with van der Waals surface area (Å²) in [5.74, 6) is 0. The number of nitrogens with two attached hydrogens (primary N) is 1. The Bertz CT molecular complexity index is 1280. The number of aromatic nitrogens is 3. The maximum absolute atomic E-state index is 11.7. The van der Waals surface area contributed by atoms with Gasteiger partial charge in [0.15, 0.2) is 0 Å². The first kappa shape index (κ1) is 19.0. The number of nitrogens with zero attached hydrogens (tertiary/aromatic N) is 2. The lowest BCUT2D eigenvalue weighted by Crippen LogP contribution is -2.14. The lowest BCUT2D eigenvalue weighted by Gasteiger charge is -2.13. The first-order valence-electron chi connectivity index (χ1n) is 9.04. The molecular formula is C22H20N4O2S. The van der Waals surface area contributed by atoms with Gasteiger partial charge in [-0.25, -0.2) is 13.6 Å². The molecule has 0 aliphatic heterocycles. The topological polar surface area (TPSA) is 102 Å². The first-order valence-corrected chi connectivity index (χ1v) is 10.6. The SMILES string of the molecule is Cc1c(-c2ccc(-c3c[nH]nc3-c3ccncc3)cc2)ccc(S(N)(=O)=O)c1C. The van der Waals surface area contributed by atoms with Gasteiger partial charge in [-0.3, -0.25) is 10.1 Å². The molecule has 0 radical (unpaired) electrons. The number of H-pyrrole nitrogens is 1. The van der Waals surface area contributed by atoms with Crippen LogP contribution in [0.15, 0.2) is 72.0 Å². The van der Waals surface area contributed by atoms with Gasteiger partial charge in [0.1, 0.15) is 0 Å². The minimum atomic E-state index is -3.74. The number of hydrogen-bond acceptors (Lipinski definition) is 4. The quantitative estimate of drug-likeness (QED) is 0.535. The van der Waals surface area contributed by atoms with Crippen LogP contribution in [0.25, 0.3) is 33.5 Å². The second kappa shape index (κ2) is 7.27. The van der Waals surface area contributed by atoms with Crippen molar-refractivity contribution in [2.75, 3.05) is 0 Å². The third-order valence-corrected chi connectivity index (χ3v) is 6.20. The number of benzene rings is 2. The number of primary sulfonamides is 1. The van der Waals surface area contributed by atoms with Gasteiger partial charge in [-0.05, 0) is 59.9 Å². The summed E-state index contributed by atoms with van der Waals surface area (Å²) in [6.07, 6.45) is 5.36. The van der Waals surface area contributed by atoms with E-state index in [2.05, 4.69) is 15.2 Å². The van der Waals surface area contributed by atoms with Crippen LogP contribution in [-0.4, -0.2) is 23.6 Å². The van der Waals surface area contributed by atoms with E-state index < -0.39 is 10.0 Å². The lowest BCUT2D eigenvalue weighted by molar-refractivity contribution is 0.597. The van der Waals surface area contributed by atoms with Crippen LogP contribution in [0.3, 0.4) is 0 Å². The third kappa shape index (κ3) is 3.57. The molecule has 0 unspecified atom stereocenters. The maximum Gasteiger partial charge on any atom is 0.238 e. The molecular weight excluding hydrogens is 384 g/mol. The Balaban J connectivity index is 1.72. The predicted molar refractivity (Wildman–Crippen MR) is 114 cm³/mol. The number of hydrogen-bond donors (Lipinski definition) is 2. The number of pyridine rings is 1. The van der Waals surface area contributed by atoms with Crippen molar-refractivity contribution < 1.29 is 8.42 Å². The molecule has 0 spiro atoms. The van der Waals surface area contributed by atoms with Crippen molar-refractivity contribution >= 4 is 10.0 Å². The molecule has 0 amide bonds. The standard InChI is InChI=1S/C22H20N4O2S/c1-14-15(2)21(29(23,27)28)8-7-19(14)16-3-5-17(6-4-16)20-13-25-26-22(20)18-9-11-24-12-10-18/h3-13H,1-2H3,(H,25,26)(H2,23,27,28). The Labute approximate surface area is 169 Å². The molecule has 29 heavy (non-hydrogen) atoms. The second-order valence-corrected chi connectivity index (χ2v) is 8.40. The molecule has 4 rings (SSSR count). The molecule has 2 aromatic carbocycles. The summed E-state index contributed by atoms with van der Waals surface area (Å²) in [6.45, 7) is 3.68. The summed E-state index contributed by atoms with van der Waals surface area (Å²) in [5, 5.41) is 12.6. The van der Waals surface area contributed by atoms with Crippen LogP contribution in [0.5, 0.6) is 0 Å². The van der Waals surface area contributed by atoms with Crippen LogP contribution >= 0.6 is 0 Å². The average Bonchev–Trinajstić information content (AvgIpc) is 3.20. The maximum atomic E-state index is 11.7. The van der Waals surface area contributed by atoms with Crippen molar-refractivity contribution in [3.63, 3.8) is 0 Å². The van der Waals surface area contributed by atoms with Gasteiger partial charge in [-0.2, -0.15) is 5.10 Å². The molecule has 146 valence electrons. The molecule has 0 saturated carbocycles. The van der Waals surface area contributed by atoms with Crippen molar-refractivity contribution in [1.29, 1.82) is 0 Å². The molecule has 0 bridgehead atoms. The molecule has 0 fully saturated rings. The van der Waals surface area contributed by atoms with Crippen molar-refractivity contribution in [2.24, 2.45) is 5.14 Å². The van der Waals surface area contributed by atoms with Crippen molar-refractivity contribution in [3.8, 4) is 33.5 Å². The van der Waals surface area contributed by atoms with E-state index in [0.717, 1.165) is 39.1 Å². The van der Waals surface area contributed by atoms with Gasteiger partial charge in [-0.1, -0.05) is 30.3 Å². The lowest BCUT2D eigenvalue weighted by atomic mass is 9.95. The highest BCUT2D eigenvalue weighted by Gasteiger charge is 2.16. The fourth-order valence-electron chi connectivity index (χ4n) is 3.49. The Kier molecular flexibility index (Phi) is 4.77. The van der Waals surface area contributed by atoms with E-state index in [1.165, 1.54) is 0 Å². The van der Waals surface area contributed by atoms with Crippen LogP contribution in [0.2, 0.25) is 0 Å². The first-order chi connectivity index (χ1) is 13.9. The monoisotopic (exact) mass is 404 g/mol. The Morgan fingerprint density at radius 1 is 0.793 bits per heavy atom. The molecule has 6 nitrogen and oxygen atoms in total. The average molecular weight is 404 g/mol. The zero-order valence-electron chi connectivity index (χ0n) is 16.0. The highest BCUT2D eigenvalue weighted by atomic mass is 32.2. The van der Waals surface area contributed by atoms with Gasteiger partial charge in [0, 0.05) is 29.7 Å². The zero-order valence-corrected chi connectivity index (χ0v) is 16.9. The van der Waals surface area contributed by atoms with Gasteiger partial charge in [-0.15, -0.1) is 0 Å². The van der Waals surface area contributed by atoms with Gasteiger partial charge in [0.05, 0.1) is 10.6 Å². The summed E-state index contributed by atoms with van der Waals surface area (Å²) >= 11 is 0. The van der Waals surface area contributed by atoms with E-state index >= 15 is 0 Å². The van der Waals surface area contributed by atoms with Crippen molar-refractivity contribution in [1.82, 2.24) is 15.2 Å². The van der Waals surface area contributed by atoms with Gasteiger partial charge in [0.2, 0.25) is 10.0 Å². The van der Waals surface area contributed by atoms with Crippen LogP contribution in [0.4, 0.5) is 0 Å². The van der Waals surface area contributed by atoms with E-state index in [0.29, 0.717) is 5.56 Å². The van der Waals surface area contributed by atoms with Crippen LogP contribution in [0.1, 0.15) is 11.1 Å². The molecule has 3 N–H and O–H groups in total. The van der Waals surface area contributed by atoms with Gasteiger partial charge in [0.25, 0.3) is 0 Å². The molecule has 0 atom stereocenters. The smallest absolute Gasteiger partial charge is 0.238 e. The Morgan fingerprint density at radius 3 is 2.03 bits per heavy atom. The van der Waals surface area contributed by atoms with E-state index in [1.54, 1.807) is 31.5 Å². The third-order valence-electron chi connectivity index (χ3n) is 5.15. The number of rotatable bonds is 4. The van der Waals surface area contributed by atoms with Gasteiger partial charge < -0.3 is 0 Å². The summed E-state index contributed by atoms with van der Waals surface area (Å²) in [7, 11) is -3.74. The minimum Gasteiger partial charge on any atom is -0.284 e. The highest BCUT2D eigenvalue weighted by molar-refractivity contribution is 7.89. The van der Waals surface area contributed by atoms with Crippen molar-refractivity contribution in [2.45, 2.75) is 18.7 Å². The molecule has 2 heterocycles. The normalized spacial score (nSPS) is 11.6. The van der Waals surface area contributed by atoms with Crippen LogP contribution in [-0.2, 0) is 10.0 Å². The zero-order chi connectivity index (χ0) is 20.6.